The molecule has 2 aliphatic carbocycles. The minimum atomic E-state index is -1.11. The summed E-state index contributed by atoms with van der Waals surface area (Å²) in [5.74, 6) is -2.46. The molecule has 6 atom stereocenters. The summed E-state index contributed by atoms with van der Waals surface area (Å²) in [6.45, 7) is 3.92. The summed E-state index contributed by atoms with van der Waals surface area (Å²) >= 11 is 0. The Bertz CT molecular complexity index is 636. The standard InChI is InChI=1S/C17H25N3O6/c1-3-20-15(23)9-6-5-8-10(18-19-17(25)26-4-2)7-11(21)14(22)12(8)13(9)16(20)24/h8-9,11-14,21-22H,3-7H2,1-2H3,(H,19,25)/b18-10+/t8-,9+,11+,12-,13+,14+/m0/s1. The number of nitrogens with zero attached hydrogens (tertiary/aromatic N) is 2. The minimum absolute atomic E-state index is 0.103. The van der Waals surface area contributed by atoms with Gasteiger partial charge in [0.15, 0.2) is 0 Å². The molecule has 0 bridgehead atoms. The van der Waals surface area contributed by atoms with Gasteiger partial charge in [-0.2, -0.15) is 5.10 Å². The Kier molecular flexibility index (Phi) is 5.29. The maximum atomic E-state index is 12.7. The zero-order valence-electron chi connectivity index (χ0n) is 14.9. The summed E-state index contributed by atoms with van der Waals surface area (Å²) in [4.78, 5) is 37.9. The van der Waals surface area contributed by atoms with Gasteiger partial charge in [-0.05, 0) is 26.7 Å². The number of carbonyl (C=O) groups is 3. The average Bonchev–Trinajstić information content (AvgIpc) is 2.87. The summed E-state index contributed by atoms with van der Waals surface area (Å²) in [5.41, 5.74) is 2.82. The Morgan fingerprint density at radius 2 is 1.92 bits per heavy atom. The molecule has 3 aliphatic rings. The number of likely N-dealkylation sites (tertiary alicyclic amines) is 1. The third-order valence-corrected chi connectivity index (χ3v) is 5.75. The molecule has 0 unspecified atom stereocenters. The molecule has 3 rings (SSSR count). The third-order valence-electron chi connectivity index (χ3n) is 5.75. The predicted molar refractivity (Wildman–Crippen MR) is 89.8 cm³/mol. The highest BCUT2D eigenvalue weighted by Gasteiger charge is 2.59. The van der Waals surface area contributed by atoms with E-state index >= 15 is 0 Å². The molecule has 3 amide bonds. The second-order valence-corrected chi connectivity index (χ2v) is 7.01. The van der Waals surface area contributed by atoms with Crippen LogP contribution in [0.25, 0.3) is 0 Å². The maximum Gasteiger partial charge on any atom is 0.427 e. The molecule has 1 saturated heterocycles. The average molecular weight is 367 g/mol. The number of hydrogen-bond donors (Lipinski definition) is 3. The number of fused-ring (bicyclic) bond motifs is 3. The van der Waals surface area contributed by atoms with Gasteiger partial charge in [-0.3, -0.25) is 14.5 Å². The SMILES string of the molecule is CCOC(=O)N/N=C1\C[C@@H](O)[C@@H](O)[C@@H]2[C@@H]3C(=O)N(CC)C(=O)[C@@H]3CC[C@@H]12. The number of carbonyl (C=O) groups excluding carboxylic acids is 3. The monoisotopic (exact) mass is 367 g/mol. The molecule has 26 heavy (non-hydrogen) atoms. The lowest BCUT2D eigenvalue weighted by molar-refractivity contribution is -0.141. The van der Waals surface area contributed by atoms with E-state index in [4.69, 9.17) is 4.74 Å². The van der Waals surface area contributed by atoms with Crippen LogP contribution in [0.1, 0.15) is 33.1 Å². The molecule has 1 aliphatic heterocycles. The van der Waals surface area contributed by atoms with Crippen molar-refractivity contribution in [1.82, 2.24) is 10.3 Å². The molecule has 3 N–H and O–H groups in total. The van der Waals surface area contributed by atoms with Crippen molar-refractivity contribution in [2.45, 2.75) is 45.3 Å². The van der Waals surface area contributed by atoms with Gasteiger partial charge in [-0.1, -0.05) is 0 Å². The van der Waals surface area contributed by atoms with E-state index in [9.17, 15) is 24.6 Å². The van der Waals surface area contributed by atoms with E-state index in [1.54, 1.807) is 13.8 Å². The molecule has 0 aromatic carbocycles. The molecule has 1 heterocycles. The normalized spacial score (nSPS) is 38.2. The molecular weight excluding hydrogens is 342 g/mol. The van der Waals surface area contributed by atoms with Crippen molar-refractivity contribution >= 4 is 23.6 Å². The van der Waals surface area contributed by atoms with Crippen molar-refractivity contribution in [2.24, 2.45) is 28.8 Å². The van der Waals surface area contributed by atoms with Crippen LogP contribution in [0.3, 0.4) is 0 Å². The topological polar surface area (TPSA) is 129 Å². The number of ether oxygens (including phenoxy) is 1. The van der Waals surface area contributed by atoms with E-state index < -0.39 is 36.1 Å². The summed E-state index contributed by atoms with van der Waals surface area (Å²) in [6, 6.07) is 0. The number of aliphatic hydroxyl groups is 2. The van der Waals surface area contributed by atoms with Crippen LogP contribution in [0, 0.1) is 23.7 Å². The number of hydrazone groups is 1. The lowest BCUT2D eigenvalue weighted by Crippen LogP contribution is -2.55. The van der Waals surface area contributed by atoms with Gasteiger partial charge in [-0.25, -0.2) is 10.2 Å². The highest BCUT2D eigenvalue weighted by molar-refractivity contribution is 6.06. The van der Waals surface area contributed by atoms with Crippen molar-refractivity contribution in [2.75, 3.05) is 13.2 Å². The molecule has 9 nitrogen and oxygen atoms in total. The van der Waals surface area contributed by atoms with Crippen LogP contribution < -0.4 is 5.43 Å². The number of nitrogens with one attached hydrogen (secondary N) is 1. The molecule has 0 aromatic heterocycles. The molecule has 2 saturated carbocycles. The van der Waals surface area contributed by atoms with Crippen molar-refractivity contribution in [3.8, 4) is 0 Å². The molecular formula is C17H25N3O6. The highest BCUT2D eigenvalue weighted by atomic mass is 16.5. The zero-order valence-corrected chi connectivity index (χ0v) is 14.9. The van der Waals surface area contributed by atoms with E-state index in [2.05, 4.69) is 10.5 Å². The van der Waals surface area contributed by atoms with Crippen LogP contribution in [0.2, 0.25) is 0 Å². The Hall–Kier alpha value is -2.00. The number of rotatable bonds is 3. The Labute approximate surface area is 151 Å². The van der Waals surface area contributed by atoms with Gasteiger partial charge in [0.25, 0.3) is 0 Å². The third kappa shape index (κ3) is 2.99. The summed E-state index contributed by atoms with van der Waals surface area (Å²) < 4.78 is 4.77. The summed E-state index contributed by atoms with van der Waals surface area (Å²) in [7, 11) is 0. The Morgan fingerprint density at radius 1 is 1.23 bits per heavy atom. The van der Waals surface area contributed by atoms with Gasteiger partial charge in [0.1, 0.15) is 0 Å². The van der Waals surface area contributed by atoms with Crippen LogP contribution in [0.15, 0.2) is 5.10 Å². The van der Waals surface area contributed by atoms with Gasteiger partial charge < -0.3 is 14.9 Å². The van der Waals surface area contributed by atoms with E-state index in [0.717, 1.165) is 0 Å². The molecule has 144 valence electrons. The lowest BCUT2D eigenvalue weighted by Gasteiger charge is -2.45. The number of imide groups is 1. The van der Waals surface area contributed by atoms with Gasteiger partial charge in [0.2, 0.25) is 11.8 Å². The smallest absolute Gasteiger partial charge is 0.427 e. The zero-order chi connectivity index (χ0) is 19.0. The maximum absolute atomic E-state index is 12.7. The predicted octanol–water partition coefficient (Wildman–Crippen LogP) is -0.139. The molecule has 0 aromatic rings. The lowest BCUT2D eigenvalue weighted by atomic mass is 9.60. The molecule has 3 fully saturated rings. The van der Waals surface area contributed by atoms with Crippen LogP contribution in [0.5, 0.6) is 0 Å². The van der Waals surface area contributed by atoms with Crippen molar-refractivity contribution in [3.05, 3.63) is 0 Å². The largest absolute Gasteiger partial charge is 0.449 e. The first-order chi connectivity index (χ1) is 12.4. The van der Waals surface area contributed by atoms with Crippen LogP contribution >= 0.6 is 0 Å². The quantitative estimate of drug-likeness (QED) is 0.470. The van der Waals surface area contributed by atoms with E-state index in [1.807, 2.05) is 0 Å². The van der Waals surface area contributed by atoms with E-state index in [1.165, 1.54) is 4.90 Å². The van der Waals surface area contributed by atoms with Crippen molar-refractivity contribution in [1.29, 1.82) is 0 Å². The fourth-order valence-electron chi connectivity index (χ4n) is 4.66. The van der Waals surface area contributed by atoms with Crippen LogP contribution in [-0.4, -0.2) is 64.1 Å². The van der Waals surface area contributed by atoms with Crippen molar-refractivity contribution in [3.63, 3.8) is 0 Å². The van der Waals surface area contributed by atoms with Gasteiger partial charge in [-0.15, -0.1) is 0 Å². The van der Waals surface area contributed by atoms with E-state index in [-0.39, 0.29) is 30.8 Å². The van der Waals surface area contributed by atoms with Crippen LogP contribution in [0.4, 0.5) is 4.79 Å². The van der Waals surface area contributed by atoms with Crippen molar-refractivity contribution < 1.29 is 29.3 Å². The first kappa shape index (κ1) is 18.8. The fraction of sp³-hybridized carbons (Fsp3) is 0.765. The second-order valence-electron chi connectivity index (χ2n) is 7.01. The molecule has 0 radical (unpaired) electrons. The molecule has 0 spiro atoms. The van der Waals surface area contributed by atoms with Gasteiger partial charge >= 0.3 is 6.09 Å². The highest BCUT2D eigenvalue weighted by Crippen LogP contribution is 2.49. The Balaban J connectivity index is 1.88. The number of hydrogen-bond acceptors (Lipinski definition) is 7. The van der Waals surface area contributed by atoms with Gasteiger partial charge in [0.05, 0.1) is 30.7 Å². The second kappa shape index (κ2) is 7.32. The van der Waals surface area contributed by atoms with Crippen LogP contribution in [-0.2, 0) is 14.3 Å². The first-order valence-electron chi connectivity index (χ1n) is 9.11. The Morgan fingerprint density at radius 3 is 2.58 bits per heavy atom. The summed E-state index contributed by atoms with van der Waals surface area (Å²) in [6.07, 6.45) is -1.72. The molecule has 9 heteroatoms. The number of amides is 3. The van der Waals surface area contributed by atoms with Gasteiger partial charge in [0, 0.05) is 30.5 Å². The first-order valence-corrected chi connectivity index (χ1v) is 9.11. The summed E-state index contributed by atoms with van der Waals surface area (Å²) in [5, 5.41) is 24.9. The minimum Gasteiger partial charge on any atom is -0.449 e. The number of aliphatic hydroxyl groups excluding tert-OH is 2. The fourth-order valence-corrected chi connectivity index (χ4v) is 4.66. The van der Waals surface area contributed by atoms with E-state index in [0.29, 0.717) is 25.1 Å².